The summed E-state index contributed by atoms with van der Waals surface area (Å²) in [7, 11) is 1.46. The van der Waals surface area contributed by atoms with E-state index >= 15 is 0 Å². The number of carbonyl (C=O) groups excluding carboxylic acids is 3. The van der Waals surface area contributed by atoms with Gasteiger partial charge in [0.15, 0.2) is 5.60 Å². The van der Waals surface area contributed by atoms with Crippen molar-refractivity contribution in [2.75, 3.05) is 18.9 Å². The lowest BCUT2D eigenvalue weighted by Crippen LogP contribution is -2.52. The Hall–Kier alpha value is -4.46. The minimum atomic E-state index is -1.21. The molecule has 0 radical (unpaired) electrons. The number of carbonyl (C=O) groups is 3. The van der Waals surface area contributed by atoms with Gasteiger partial charge < -0.3 is 19.5 Å². The number of benzene rings is 2. The number of rotatable bonds is 5. The number of halogens is 2. The van der Waals surface area contributed by atoms with Gasteiger partial charge in [0.1, 0.15) is 29.4 Å². The van der Waals surface area contributed by atoms with E-state index in [4.69, 9.17) is 4.74 Å². The Kier molecular flexibility index (Phi) is 6.50. The van der Waals surface area contributed by atoms with Crippen LogP contribution in [0.1, 0.15) is 42.7 Å². The lowest BCUT2D eigenvalue weighted by molar-refractivity contribution is -0.137. The van der Waals surface area contributed by atoms with Crippen molar-refractivity contribution in [3.05, 3.63) is 65.4 Å². The fourth-order valence-corrected chi connectivity index (χ4v) is 5.52. The molecular formula is C28H27F2N5O4. The Balaban J connectivity index is 1.47. The molecule has 11 heteroatoms. The molecule has 1 unspecified atom stereocenters. The molecular weight excluding hydrogens is 508 g/mol. The number of nitriles is 1. The third-order valence-electron chi connectivity index (χ3n) is 7.35. The molecule has 3 heterocycles. The number of fused-ring (bicyclic) bond motifs is 3. The standard InChI is InChI=1S/C28H27F2N5O4/c1-15(2)8-24(34(3)25(36)23-11-18-20(30)9-16(29)10-22(18)32-23)26(37)35-14-28(12-17(35)13-31)19-6-4-5-7-21(19)33-27(38)39-28/h4-7,9-11,15,17,24,32H,8,12,14H2,1-3H3,(H,33,38)/t17-,24?,28-/m0/s1. The maximum Gasteiger partial charge on any atom is 0.412 e. The fraction of sp³-hybridized carbons (Fsp3) is 0.357. The van der Waals surface area contributed by atoms with Gasteiger partial charge in [-0.25, -0.2) is 13.6 Å². The summed E-state index contributed by atoms with van der Waals surface area (Å²) in [6.45, 7) is 3.75. The molecule has 39 heavy (non-hydrogen) atoms. The number of ether oxygens (including phenoxy) is 1. The summed E-state index contributed by atoms with van der Waals surface area (Å²) in [5.41, 5.74) is 0.118. The summed E-state index contributed by atoms with van der Waals surface area (Å²) in [6, 6.07) is 10.5. The van der Waals surface area contributed by atoms with Gasteiger partial charge in [0.25, 0.3) is 5.91 Å². The molecule has 0 bridgehead atoms. The Bertz CT molecular complexity index is 1530. The average molecular weight is 536 g/mol. The maximum atomic E-state index is 14.3. The molecule has 2 N–H and O–H groups in total. The predicted molar refractivity (Wildman–Crippen MR) is 138 cm³/mol. The van der Waals surface area contributed by atoms with E-state index in [1.807, 2.05) is 13.8 Å². The Morgan fingerprint density at radius 2 is 2.00 bits per heavy atom. The number of amides is 3. The number of nitrogens with zero attached hydrogens (tertiary/aromatic N) is 3. The number of nitrogens with one attached hydrogen (secondary N) is 2. The lowest BCUT2D eigenvalue weighted by atomic mass is 9.88. The SMILES string of the molecule is CC(C)CC(C(=O)N1C[C@]2(C[C@H]1C#N)OC(=O)Nc1ccccc12)N(C)C(=O)c1cc2c(F)cc(F)cc2[nH]1. The minimum absolute atomic E-state index is 0.00186. The summed E-state index contributed by atoms with van der Waals surface area (Å²) < 4.78 is 33.7. The van der Waals surface area contributed by atoms with Crippen molar-refractivity contribution in [3.8, 4) is 6.07 Å². The van der Waals surface area contributed by atoms with Crippen molar-refractivity contribution in [3.63, 3.8) is 0 Å². The smallest absolute Gasteiger partial charge is 0.412 e. The van der Waals surface area contributed by atoms with Gasteiger partial charge in [-0.05, 0) is 30.5 Å². The molecule has 3 amide bonds. The topological polar surface area (TPSA) is 119 Å². The number of aromatic nitrogens is 1. The first-order valence-corrected chi connectivity index (χ1v) is 12.6. The number of hydrogen-bond donors (Lipinski definition) is 2. The highest BCUT2D eigenvalue weighted by Crippen LogP contribution is 2.45. The molecule has 2 aliphatic heterocycles. The molecule has 1 fully saturated rings. The van der Waals surface area contributed by atoms with Gasteiger partial charge in [0, 0.05) is 30.5 Å². The van der Waals surface area contributed by atoms with Crippen molar-refractivity contribution < 1.29 is 27.9 Å². The molecule has 2 aromatic carbocycles. The van der Waals surface area contributed by atoms with E-state index in [0.29, 0.717) is 11.3 Å². The van der Waals surface area contributed by atoms with E-state index < -0.39 is 47.2 Å². The molecule has 0 aliphatic carbocycles. The lowest BCUT2D eigenvalue weighted by Gasteiger charge is -2.36. The number of hydrogen-bond acceptors (Lipinski definition) is 5. The number of anilines is 1. The molecule has 0 saturated carbocycles. The van der Waals surface area contributed by atoms with E-state index in [-0.39, 0.29) is 41.9 Å². The molecule has 3 atom stereocenters. The van der Waals surface area contributed by atoms with Gasteiger partial charge >= 0.3 is 6.09 Å². The minimum Gasteiger partial charge on any atom is -0.436 e. The van der Waals surface area contributed by atoms with Gasteiger partial charge in [-0.2, -0.15) is 5.26 Å². The third kappa shape index (κ3) is 4.56. The average Bonchev–Trinajstić information content (AvgIpc) is 3.48. The Morgan fingerprint density at radius 3 is 2.72 bits per heavy atom. The largest absolute Gasteiger partial charge is 0.436 e. The third-order valence-corrected chi connectivity index (χ3v) is 7.35. The van der Waals surface area contributed by atoms with Gasteiger partial charge in [-0.1, -0.05) is 32.0 Å². The van der Waals surface area contributed by atoms with E-state index in [1.165, 1.54) is 22.9 Å². The van der Waals surface area contributed by atoms with Crippen LogP contribution in [-0.4, -0.2) is 58.4 Å². The monoisotopic (exact) mass is 535 g/mol. The molecule has 9 nitrogen and oxygen atoms in total. The number of aromatic amines is 1. The molecule has 2 aliphatic rings. The van der Waals surface area contributed by atoms with Crippen LogP contribution in [0.4, 0.5) is 19.3 Å². The predicted octanol–water partition coefficient (Wildman–Crippen LogP) is 4.51. The van der Waals surface area contributed by atoms with Crippen molar-refractivity contribution in [1.29, 1.82) is 5.26 Å². The van der Waals surface area contributed by atoms with Crippen LogP contribution in [0.15, 0.2) is 42.5 Å². The molecule has 3 aromatic rings. The van der Waals surface area contributed by atoms with Crippen molar-refractivity contribution in [2.45, 2.75) is 44.4 Å². The summed E-state index contributed by atoms with van der Waals surface area (Å²) in [6.07, 6.45) is -0.309. The number of H-pyrrole nitrogens is 1. The van der Waals surface area contributed by atoms with Gasteiger partial charge in [0.05, 0.1) is 23.8 Å². The quantitative estimate of drug-likeness (QED) is 0.498. The van der Waals surface area contributed by atoms with Gasteiger partial charge in [0.2, 0.25) is 5.91 Å². The first-order chi connectivity index (χ1) is 18.5. The number of para-hydroxylation sites is 1. The van der Waals surface area contributed by atoms with Gasteiger partial charge in [-0.3, -0.25) is 14.9 Å². The van der Waals surface area contributed by atoms with Crippen molar-refractivity contribution >= 4 is 34.5 Å². The molecule has 1 saturated heterocycles. The summed E-state index contributed by atoms with van der Waals surface area (Å²) in [4.78, 5) is 45.2. The van der Waals surface area contributed by atoms with E-state index in [2.05, 4.69) is 16.4 Å². The van der Waals surface area contributed by atoms with Crippen LogP contribution < -0.4 is 5.32 Å². The van der Waals surface area contributed by atoms with Crippen LogP contribution >= 0.6 is 0 Å². The van der Waals surface area contributed by atoms with E-state index in [1.54, 1.807) is 24.3 Å². The molecule has 1 spiro atoms. The van der Waals surface area contributed by atoms with Crippen molar-refractivity contribution in [2.24, 2.45) is 5.92 Å². The van der Waals surface area contributed by atoms with E-state index in [0.717, 1.165) is 12.1 Å². The zero-order valence-corrected chi connectivity index (χ0v) is 21.6. The molecule has 202 valence electrons. The maximum absolute atomic E-state index is 14.3. The highest BCUT2D eigenvalue weighted by atomic mass is 19.1. The first-order valence-electron chi connectivity index (χ1n) is 12.6. The fourth-order valence-electron chi connectivity index (χ4n) is 5.52. The van der Waals surface area contributed by atoms with Crippen LogP contribution in [0.5, 0.6) is 0 Å². The molecule has 5 rings (SSSR count). The second-order valence-electron chi connectivity index (χ2n) is 10.5. The van der Waals surface area contributed by atoms with Crippen LogP contribution in [0, 0.1) is 28.9 Å². The zero-order valence-electron chi connectivity index (χ0n) is 21.6. The second-order valence-corrected chi connectivity index (χ2v) is 10.5. The van der Waals surface area contributed by atoms with Crippen molar-refractivity contribution in [1.82, 2.24) is 14.8 Å². The number of likely N-dealkylation sites (tertiary alicyclic amines) is 1. The summed E-state index contributed by atoms with van der Waals surface area (Å²) in [5, 5.41) is 12.7. The zero-order chi connectivity index (χ0) is 28.1. The Labute approximate surface area is 223 Å². The number of likely N-dealkylation sites (N-methyl/N-ethyl adjacent to an activating group) is 1. The summed E-state index contributed by atoms with van der Waals surface area (Å²) >= 11 is 0. The first kappa shape index (κ1) is 26.2. The Morgan fingerprint density at radius 1 is 1.26 bits per heavy atom. The molecule has 1 aromatic heterocycles. The normalized spacial score (nSPS) is 20.9. The second kappa shape index (κ2) is 9.69. The highest BCUT2D eigenvalue weighted by molar-refractivity contribution is 6.00. The van der Waals surface area contributed by atoms with Crippen LogP contribution in [0.2, 0.25) is 0 Å². The van der Waals surface area contributed by atoms with Crippen LogP contribution in [0.3, 0.4) is 0 Å². The highest BCUT2D eigenvalue weighted by Gasteiger charge is 2.54. The van der Waals surface area contributed by atoms with E-state index in [9.17, 15) is 28.4 Å². The van der Waals surface area contributed by atoms with Crippen LogP contribution in [0.25, 0.3) is 10.9 Å². The summed E-state index contributed by atoms with van der Waals surface area (Å²) in [5.74, 6) is -2.66. The van der Waals surface area contributed by atoms with Crippen LogP contribution in [-0.2, 0) is 15.1 Å². The van der Waals surface area contributed by atoms with Gasteiger partial charge in [-0.15, -0.1) is 0 Å².